The van der Waals surface area contributed by atoms with Gasteiger partial charge in [0, 0.05) is 6.54 Å². The third kappa shape index (κ3) is 1.22. The smallest absolute Gasteiger partial charge is 0.287 e. The van der Waals surface area contributed by atoms with Crippen molar-refractivity contribution in [3.63, 3.8) is 0 Å². The van der Waals surface area contributed by atoms with E-state index in [9.17, 15) is 9.59 Å². The average Bonchev–Trinajstić information content (AvgIpc) is 2.18. The van der Waals surface area contributed by atoms with Gasteiger partial charge in [0.1, 0.15) is 11.9 Å². The Labute approximate surface area is 74.0 Å². The van der Waals surface area contributed by atoms with Crippen LogP contribution in [0.5, 0.6) is 5.88 Å². The minimum absolute atomic E-state index is 0.0159. The van der Waals surface area contributed by atoms with Gasteiger partial charge in [-0.3, -0.25) is 9.59 Å². The molecule has 0 aromatic carbocycles. The molecule has 0 N–H and O–H groups in total. The van der Waals surface area contributed by atoms with Crippen LogP contribution in [0.3, 0.4) is 0 Å². The van der Waals surface area contributed by atoms with Crippen molar-refractivity contribution in [2.24, 2.45) is 0 Å². The minimum atomic E-state index is -0.525. The van der Waals surface area contributed by atoms with E-state index in [1.165, 1.54) is 6.33 Å². The monoisotopic (exact) mass is 180 g/mol. The van der Waals surface area contributed by atoms with Crippen molar-refractivity contribution < 1.29 is 9.53 Å². The van der Waals surface area contributed by atoms with Crippen molar-refractivity contribution in [3.8, 4) is 5.88 Å². The van der Waals surface area contributed by atoms with E-state index < -0.39 is 5.56 Å². The fraction of sp³-hybridized carbons (Fsp3) is 0.375. The summed E-state index contributed by atoms with van der Waals surface area (Å²) in [6.45, 7) is 1.29. The van der Waals surface area contributed by atoms with Gasteiger partial charge >= 0.3 is 0 Å². The SMILES string of the molecule is O=Cc1c2n(cnc1=O)CCCO2. The number of carbonyl (C=O) groups is 1. The van der Waals surface area contributed by atoms with Crippen LogP contribution < -0.4 is 10.3 Å². The van der Waals surface area contributed by atoms with Crippen molar-refractivity contribution in [1.82, 2.24) is 9.55 Å². The van der Waals surface area contributed by atoms with Gasteiger partial charge in [-0.1, -0.05) is 0 Å². The summed E-state index contributed by atoms with van der Waals surface area (Å²) in [5.41, 5.74) is -0.509. The van der Waals surface area contributed by atoms with Crippen molar-refractivity contribution in [1.29, 1.82) is 0 Å². The normalized spacial score (nSPS) is 14.5. The molecular weight excluding hydrogens is 172 g/mol. The van der Waals surface area contributed by atoms with E-state index in [0.29, 0.717) is 18.8 Å². The molecule has 5 nitrogen and oxygen atoms in total. The molecule has 0 saturated carbocycles. The zero-order valence-electron chi connectivity index (χ0n) is 6.90. The first-order valence-electron chi connectivity index (χ1n) is 4.00. The first-order chi connectivity index (χ1) is 6.33. The van der Waals surface area contributed by atoms with E-state index >= 15 is 0 Å². The maximum atomic E-state index is 11.1. The van der Waals surface area contributed by atoms with Crippen LogP contribution in [-0.2, 0) is 6.54 Å². The second-order valence-corrected chi connectivity index (χ2v) is 2.78. The van der Waals surface area contributed by atoms with Crippen LogP contribution in [-0.4, -0.2) is 22.4 Å². The van der Waals surface area contributed by atoms with Gasteiger partial charge in [-0.25, -0.2) is 0 Å². The number of hydrogen-bond acceptors (Lipinski definition) is 4. The molecule has 0 saturated heterocycles. The molecule has 5 heteroatoms. The number of nitrogens with zero attached hydrogens (tertiary/aromatic N) is 2. The maximum Gasteiger partial charge on any atom is 0.287 e. The van der Waals surface area contributed by atoms with Gasteiger partial charge in [-0.2, -0.15) is 4.98 Å². The number of hydrogen-bond donors (Lipinski definition) is 0. The lowest BCUT2D eigenvalue weighted by atomic mass is 10.3. The molecule has 1 aliphatic heterocycles. The molecule has 68 valence electrons. The summed E-state index contributed by atoms with van der Waals surface area (Å²) in [6, 6.07) is 0. The van der Waals surface area contributed by atoms with Crippen LogP contribution in [0.2, 0.25) is 0 Å². The molecule has 1 aromatic rings. The van der Waals surface area contributed by atoms with Crippen LogP contribution >= 0.6 is 0 Å². The van der Waals surface area contributed by atoms with Crippen molar-refractivity contribution >= 4 is 6.29 Å². The third-order valence-corrected chi connectivity index (χ3v) is 1.94. The molecule has 13 heavy (non-hydrogen) atoms. The van der Waals surface area contributed by atoms with Gasteiger partial charge in [0.15, 0.2) is 6.29 Å². The highest BCUT2D eigenvalue weighted by Crippen LogP contribution is 2.16. The number of aromatic nitrogens is 2. The van der Waals surface area contributed by atoms with Gasteiger partial charge in [0.05, 0.1) is 6.61 Å². The summed E-state index contributed by atoms with van der Waals surface area (Å²) >= 11 is 0. The van der Waals surface area contributed by atoms with Crippen molar-refractivity contribution in [2.75, 3.05) is 6.61 Å². The molecule has 1 aliphatic rings. The Morgan fingerprint density at radius 2 is 2.46 bits per heavy atom. The topological polar surface area (TPSA) is 61.2 Å². The van der Waals surface area contributed by atoms with Crippen LogP contribution in [0, 0.1) is 0 Å². The van der Waals surface area contributed by atoms with E-state index in [4.69, 9.17) is 4.74 Å². The Morgan fingerprint density at radius 3 is 3.23 bits per heavy atom. The van der Waals surface area contributed by atoms with Crippen LogP contribution in [0.1, 0.15) is 16.8 Å². The first kappa shape index (κ1) is 7.97. The van der Waals surface area contributed by atoms with E-state index in [-0.39, 0.29) is 5.56 Å². The average molecular weight is 180 g/mol. The predicted octanol–water partition coefficient (Wildman–Crippen LogP) is -0.162. The van der Waals surface area contributed by atoms with Gasteiger partial charge in [-0.15, -0.1) is 0 Å². The summed E-state index contributed by atoms with van der Waals surface area (Å²) in [6.07, 6.45) is 2.77. The Balaban J connectivity index is 2.65. The minimum Gasteiger partial charge on any atom is -0.478 e. The maximum absolute atomic E-state index is 11.1. The second kappa shape index (κ2) is 3.01. The molecule has 0 unspecified atom stereocenters. The lowest BCUT2D eigenvalue weighted by Crippen LogP contribution is -2.24. The zero-order chi connectivity index (χ0) is 9.26. The molecule has 2 heterocycles. The van der Waals surface area contributed by atoms with Gasteiger partial charge < -0.3 is 9.30 Å². The van der Waals surface area contributed by atoms with Crippen LogP contribution in [0.25, 0.3) is 0 Å². The number of fused-ring (bicyclic) bond motifs is 1. The summed E-state index contributed by atoms with van der Waals surface area (Å²) < 4.78 is 6.89. The first-order valence-corrected chi connectivity index (χ1v) is 4.00. The summed E-state index contributed by atoms with van der Waals surface area (Å²) in [4.78, 5) is 25.2. The van der Waals surface area contributed by atoms with E-state index in [1.54, 1.807) is 4.57 Å². The number of rotatable bonds is 1. The number of ether oxygens (including phenoxy) is 1. The summed E-state index contributed by atoms with van der Waals surface area (Å²) in [7, 11) is 0. The molecule has 2 rings (SSSR count). The predicted molar refractivity (Wildman–Crippen MR) is 44.0 cm³/mol. The largest absolute Gasteiger partial charge is 0.478 e. The molecular formula is C8H8N2O3. The van der Waals surface area contributed by atoms with E-state index in [2.05, 4.69) is 4.98 Å². The highest BCUT2D eigenvalue weighted by molar-refractivity contribution is 5.77. The van der Waals surface area contributed by atoms with Gasteiger partial charge in [0.2, 0.25) is 5.88 Å². The molecule has 0 amide bonds. The molecule has 0 bridgehead atoms. The highest BCUT2D eigenvalue weighted by Gasteiger charge is 2.15. The Bertz CT molecular complexity index is 397. The van der Waals surface area contributed by atoms with Crippen molar-refractivity contribution in [3.05, 3.63) is 22.2 Å². The van der Waals surface area contributed by atoms with Gasteiger partial charge in [0.25, 0.3) is 5.56 Å². The summed E-state index contributed by atoms with van der Waals surface area (Å²) in [5.74, 6) is 0.348. The Hall–Kier alpha value is -1.65. The van der Waals surface area contributed by atoms with Crippen molar-refractivity contribution in [2.45, 2.75) is 13.0 Å². The standard InChI is InChI=1S/C8H8N2O3/c11-4-6-7(12)9-5-10-2-1-3-13-8(6)10/h4-5H,1-3H2. The Morgan fingerprint density at radius 1 is 1.62 bits per heavy atom. The molecule has 0 spiro atoms. The zero-order valence-corrected chi connectivity index (χ0v) is 6.90. The molecule has 0 aliphatic carbocycles. The molecule has 1 aromatic heterocycles. The fourth-order valence-corrected chi connectivity index (χ4v) is 1.31. The number of carbonyl (C=O) groups excluding carboxylic acids is 1. The fourth-order valence-electron chi connectivity index (χ4n) is 1.31. The lowest BCUT2D eigenvalue weighted by Gasteiger charge is -2.19. The molecule has 0 atom stereocenters. The number of aldehydes is 1. The van der Waals surface area contributed by atoms with Crippen LogP contribution in [0.4, 0.5) is 0 Å². The quantitative estimate of drug-likeness (QED) is 0.563. The van der Waals surface area contributed by atoms with Crippen LogP contribution in [0.15, 0.2) is 11.1 Å². The third-order valence-electron chi connectivity index (χ3n) is 1.94. The summed E-state index contributed by atoms with van der Waals surface area (Å²) in [5, 5.41) is 0. The van der Waals surface area contributed by atoms with Gasteiger partial charge in [-0.05, 0) is 6.42 Å². The van der Waals surface area contributed by atoms with E-state index in [1.807, 2.05) is 0 Å². The molecule has 0 fully saturated rings. The second-order valence-electron chi connectivity index (χ2n) is 2.78. The number of aryl methyl sites for hydroxylation is 1. The highest BCUT2D eigenvalue weighted by atomic mass is 16.5. The van der Waals surface area contributed by atoms with E-state index in [0.717, 1.165) is 13.0 Å². The lowest BCUT2D eigenvalue weighted by molar-refractivity contribution is 0.111. The molecule has 0 radical (unpaired) electrons. The Kier molecular flexibility index (Phi) is 1.84.